The smallest absolute Gasteiger partial charge is 0.168 e. The molecule has 0 bridgehead atoms. The van der Waals surface area contributed by atoms with E-state index in [-0.39, 0.29) is 0 Å². The van der Waals surface area contributed by atoms with Crippen molar-refractivity contribution in [1.82, 2.24) is 0 Å². The maximum Gasteiger partial charge on any atom is 0.168 e. The van der Waals surface area contributed by atoms with Gasteiger partial charge >= 0.3 is 0 Å². The van der Waals surface area contributed by atoms with E-state index in [2.05, 4.69) is 0 Å². The van der Waals surface area contributed by atoms with Gasteiger partial charge in [0.2, 0.25) is 0 Å². The van der Waals surface area contributed by atoms with Crippen LogP contribution in [0.4, 0.5) is 5.69 Å². The largest absolute Gasteiger partial charge is 0.378 e. The molecule has 0 radical (unpaired) electrons. The molecule has 0 amide bonds. The second kappa shape index (κ2) is 5.21. The third-order valence-corrected chi connectivity index (χ3v) is 3.76. The third kappa shape index (κ3) is 2.63. The number of hydrogen-bond donors (Lipinski definition) is 0. The molecule has 0 aliphatic rings. The van der Waals surface area contributed by atoms with Crippen molar-refractivity contribution in [3.8, 4) is 0 Å². The summed E-state index contributed by atoms with van der Waals surface area (Å²) in [6, 6.07) is 17.6. The van der Waals surface area contributed by atoms with Crippen molar-refractivity contribution in [3.63, 3.8) is 0 Å². The second-order valence-electron chi connectivity index (χ2n) is 4.38. The molecule has 94 valence electrons. The van der Waals surface area contributed by atoms with Crippen molar-refractivity contribution in [1.29, 1.82) is 0 Å². The zero-order chi connectivity index (χ0) is 13.2. The molecule has 0 saturated heterocycles. The van der Waals surface area contributed by atoms with Crippen molar-refractivity contribution in [2.24, 2.45) is 0 Å². The van der Waals surface area contributed by atoms with Crippen molar-refractivity contribution >= 4 is 28.9 Å². The van der Waals surface area contributed by atoms with Crippen LogP contribution in [0.1, 0.15) is 11.1 Å². The van der Waals surface area contributed by atoms with Crippen molar-refractivity contribution in [2.45, 2.75) is 4.33 Å². The first-order valence-corrected chi connectivity index (χ1v) is 6.48. The Balaban J connectivity index is 2.36. The lowest BCUT2D eigenvalue weighted by atomic mass is 10.0. The van der Waals surface area contributed by atoms with Gasteiger partial charge in [-0.1, -0.05) is 65.7 Å². The van der Waals surface area contributed by atoms with Gasteiger partial charge in [0.05, 0.1) is 0 Å². The monoisotopic (exact) mass is 279 g/mol. The molecule has 0 atom stereocenters. The molecule has 0 heterocycles. The van der Waals surface area contributed by atoms with Gasteiger partial charge in [0.1, 0.15) is 0 Å². The predicted molar refractivity (Wildman–Crippen MR) is 79.7 cm³/mol. The highest BCUT2D eigenvalue weighted by molar-refractivity contribution is 6.50. The first-order valence-electron chi connectivity index (χ1n) is 5.73. The minimum absolute atomic E-state index is 0.877. The van der Waals surface area contributed by atoms with Gasteiger partial charge in [-0.3, -0.25) is 0 Å². The molecule has 0 aliphatic heterocycles. The van der Waals surface area contributed by atoms with Gasteiger partial charge in [-0.25, -0.2) is 0 Å². The molecule has 3 heteroatoms. The van der Waals surface area contributed by atoms with Crippen LogP contribution >= 0.6 is 23.2 Å². The van der Waals surface area contributed by atoms with E-state index in [9.17, 15) is 0 Å². The number of anilines is 1. The van der Waals surface area contributed by atoms with Crippen LogP contribution in [-0.4, -0.2) is 14.1 Å². The van der Waals surface area contributed by atoms with Crippen LogP contribution in [0.15, 0.2) is 54.6 Å². The SMILES string of the molecule is CN(C)c1ccc(C(Cl)(Cl)c2ccccc2)cc1. The summed E-state index contributed by atoms with van der Waals surface area (Å²) < 4.78 is -1.01. The first-order chi connectivity index (χ1) is 8.51. The number of benzene rings is 2. The highest BCUT2D eigenvalue weighted by atomic mass is 35.5. The van der Waals surface area contributed by atoms with E-state index in [0.29, 0.717) is 0 Å². The van der Waals surface area contributed by atoms with E-state index in [4.69, 9.17) is 23.2 Å². The standard InChI is InChI=1S/C15H15Cl2N/c1-18(2)14-10-8-13(9-11-14)15(16,17)12-6-4-3-5-7-12/h3-11H,1-2H3. The molecule has 18 heavy (non-hydrogen) atoms. The molecule has 0 N–H and O–H groups in total. The molecule has 2 rings (SSSR count). The Kier molecular flexibility index (Phi) is 3.84. The highest BCUT2D eigenvalue weighted by Crippen LogP contribution is 2.40. The van der Waals surface area contributed by atoms with Crippen molar-refractivity contribution in [2.75, 3.05) is 19.0 Å². The summed E-state index contributed by atoms with van der Waals surface area (Å²) in [4.78, 5) is 2.04. The van der Waals surface area contributed by atoms with Crippen LogP contribution in [0.5, 0.6) is 0 Å². The van der Waals surface area contributed by atoms with E-state index in [0.717, 1.165) is 16.8 Å². The maximum atomic E-state index is 6.47. The fourth-order valence-corrected chi connectivity index (χ4v) is 2.29. The Bertz CT molecular complexity index is 504. The topological polar surface area (TPSA) is 3.24 Å². The Hall–Kier alpha value is -1.18. The number of alkyl halides is 2. The van der Waals surface area contributed by atoms with E-state index in [1.54, 1.807) is 0 Å². The first kappa shape index (κ1) is 13.3. The predicted octanol–water partition coefficient (Wildman–Crippen LogP) is 4.43. The summed E-state index contributed by atoms with van der Waals surface area (Å²) in [5.41, 5.74) is 2.88. The van der Waals surface area contributed by atoms with Crippen LogP contribution < -0.4 is 4.90 Å². The van der Waals surface area contributed by atoms with E-state index < -0.39 is 4.33 Å². The van der Waals surface area contributed by atoms with Gasteiger partial charge in [-0.05, 0) is 23.3 Å². The summed E-state index contributed by atoms with van der Waals surface area (Å²) in [6.07, 6.45) is 0. The molecule has 0 saturated carbocycles. The quantitative estimate of drug-likeness (QED) is 0.752. The van der Waals surface area contributed by atoms with Gasteiger partial charge in [0, 0.05) is 19.8 Å². The average Bonchev–Trinajstić information content (AvgIpc) is 2.40. The Labute approximate surface area is 118 Å². The second-order valence-corrected chi connectivity index (χ2v) is 5.71. The van der Waals surface area contributed by atoms with E-state index >= 15 is 0 Å². The highest BCUT2D eigenvalue weighted by Gasteiger charge is 2.28. The minimum Gasteiger partial charge on any atom is -0.378 e. The number of hydrogen-bond acceptors (Lipinski definition) is 1. The Morgan fingerprint density at radius 2 is 1.28 bits per heavy atom. The molecule has 0 spiro atoms. The molecular formula is C15H15Cl2N. The van der Waals surface area contributed by atoms with Gasteiger partial charge in [0.15, 0.2) is 4.33 Å². The molecule has 0 aliphatic carbocycles. The van der Waals surface area contributed by atoms with Crippen LogP contribution in [0, 0.1) is 0 Å². The number of rotatable bonds is 3. The minimum atomic E-state index is -1.01. The molecule has 0 unspecified atom stereocenters. The lowest BCUT2D eigenvalue weighted by molar-refractivity contribution is 1.03. The zero-order valence-electron chi connectivity index (χ0n) is 10.4. The maximum absolute atomic E-state index is 6.47. The molecule has 2 aromatic carbocycles. The Morgan fingerprint density at radius 3 is 1.78 bits per heavy atom. The average molecular weight is 280 g/mol. The van der Waals surface area contributed by atoms with Crippen molar-refractivity contribution < 1.29 is 0 Å². The third-order valence-electron chi connectivity index (χ3n) is 2.88. The van der Waals surface area contributed by atoms with Crippen LogP contribution in [-0.2, 0) is 4.33 Å². The molecule has 2 aromatic rings. The normalized spacial score (nSPS) is 11.3. The van der Waals surface area contributed by atoms with E-state index in [1.807, 2.05) is 73.6 Å². The lowest BCUT2D eigenvalue weighted by Crippen LogP contribution is -2.13. The van der Waals surface area contributed by atoms with Gasteiger partial charge in [-0.2, -0.15) is 0 Å². The summed E-state index contributed by atoms with van der Waals surface area (Å²) in [5, 5.41) is 0. The summed E-state index contributed by atoms with van der Waals surface area (Å²) >= 11 is 12.9. The van der Waals surface area contributed by atoms with Crippen LogP contribution in [0.2, 0.25) is 0 Å². The summed E-state index contributed by atoms with van der Waals surface area (Å²) in [7, 11) is 4.00. The van der Waals surface area contributed by atoms with Crippen LogP contribution in [0.3, 0.4) is 0 Å². The molecule has 1 nitrogen and oxygen atoms in total. The molecular weight excluding hydrogens is 265 g/mol. The molecule has 0 aromatic heterocycles. The van der Waals surface area contributed by atoms with Gasteiger partial charge in [-0.15, -0.1) is 0 Å². The lowest BCUT2D eigenvalue weighted by Gasteiger charge is -2.22. The van der Waals surface area contributed by atoms with Crippen molar-refractivity contribution in [3.05, 3.63) is 65.7 Å². The van der Waals surface area contributed by atoms with Gasteiger partial charge in [0.25, 0.3) is 0 Å². The van der Waals surface area contributed by atoms with Gasteiger partial charge < -0.3 is 4.90 Å². The Morgan fingerprint density at radius 1 is 0.778 bits per heavy atom. The fraction of sp³-hybridized carbons (Fsp3) is 0.200. The molecule has 0 fully saturated rings. The van der Waals surface area contributed by atoms with E-state index in [1.165, 1.54) is 0 Å². The summed E-state index contributed by atoms with van der Waals surface area (Å²) in [6.45, 7) is 0. The number of nitrogens with zero attached hydrogens (tertiary/aromatic N) is 1. The number of halogens is 2. The van der Waals surface area contributed by atoms with Crippen LogP contribution in [0.25, 0.3) is 0 Å². The summed E-state index contributed by atoms with van der Waals surface area (Å²) in [5.74, 6) is 0. The zero-order valence-corrected chi connectivity index (χ0v) is 11.9. The fourth-order valence-electron chi connectivity index (χ4n) is 1.78.